The molecule has 1 unspecified atom stereocenters. The molecule has 1 saturated carbocycles. The van der Waals surface area contributed by atoms with Crippen LogP contribution in [0.4, 0.5) is 0 Å². The Bertz CT molecular complexity index is 444. The molecular weight excluding hydrogens is 338 g/mol. The third-order valence-electron chi connectivity index (χ3n) is 4.60. The topological polar surface area (TPSA) is 46.2 Å². The van der Waals surface area contributed by atoms with Crippen LogP contribution in [0, 0.1) is 5.41 Å². The number of halogens is 2. The highest BCUT2D eigenvalue weighted by atomic mass is 79.9. The zero-order valence-corrected chi connectivity index (χ0v) is 14.1. The summed E-state index contributed by atoms with van der Waals surface area (Å²) in [7, 11) is 0. The summed E-state index contributed by atoms with van der Waals surface area (Å²) in [4.78, 5) is 0. The Hall–Kier alpha value is -0.0900. The molecule has 2 rings (SSSR count). The fourth-order valence-electron chi connectivity index (χ4n) is 3.23. The highest BCUT2D eigenvalue weighted by molar-refractivity contribution is 9.10. The van der Waals surface area contributed by atoms with E-state index >= 15 is 0 Å². The van der Waals surface area contributed by atoms with Crippen molar-refractivity contribution >= 4 is 27.5 Å². The van der Waals surface area contributed by atoms with E-state index in [0.717, 1.165) is 35.7 Å². The molecule has 1 atom stereocenters. The normalized spacial score (nSPS) is 21.0. The first-order chi connectivity index (χ1) is 9.59. The minimum Gasteiger partial charge on any atom is -0.388 e. The van der Waals surface area contributed by atoms with Crippen LogP contribution in [0.3, 0.4) is 0 Å². The van der Waals surface area contributed by atoms with E-state index in [2.05, 4.69) is 15.9 Å². The van der Waals surface area contributed by atoms with Gasteiger partial charge in [-0.2, -0.15) is 0 Å². The largest absolute Gasteiger partial charge is 0.388 e. The predicted octanol–water partition coefficient (Wildman–Crippen LogP) is 4.83. The molecule has 0 radical (unpaired) electrons. The van der Waals surface area contributed by atoms with Crippen LogP contribution in [-0.2, 0) is 0 Å². The maximum Gasteiger partial charge on any atom is 0.0858 e. The van der Waals surface area contributed by atoms with Gasteiger partial charge < -0.3 is 10.8 Å². The molecule has 0 amide bonds. The van der Waals surface area contributed by atoms with Gasteiger partial charge in [0.1, 0.15) is 0 Å². The third-order valence-corrected chi connectivity index (χ3v) is 5.81. The molecule has 0 bridgehead atoms. The molecular formula is C16H23BrClNO. The third kappa shape index (κ3) is 3.56. The Morgan fingerprint density at radius 3 is 2.35 bits per heavy atom. The molecule has 1 aromatic rings. The molecule has 0 spiro atoms. The molecule has 3 N–H and O–H groups in total. The van der Waals surface area contributed by atoms with Gasteiger partial charge in [0.25, 0.3) is 0 Å². The van der Waals surface area contributed by atoms with E-state index in [-0.39, 0.29) is 5.41 Å². The van der Waals surface area contributed by atoms with Gasteiger partial charge in [0, 0.05) is 16.4 Å². The maximum absolute atomic E-state index is 10.9. The highest BCUT2D eigenvalue weighted by Gasteiger charge is 2.37. The average Bonchev–Trinajstić information content (AvgIpc) is 2.42. The summed E-state index contributed by atoms with van der Waals surface area (Å²) >= 11 is 9.47. The number of rotatable bonds is 3. The second-order valence-corrected chi connectivity index (χ2v) is 7.17. The molecule has 112 valence electrons. The summed E-state index contributed by atoms with van der Waals surface area (Å²) < 4.78 is 0.828. The second kappa shape index (κ2) is 7.26. The standard InChI is InChI=1S/C16H23BrClNO/c17-13-10-12(6-7-14(13)18)15(20)16(11-19)8-4-2-1-3-5-9-16/h6-7,10,15,20H,1-5,8-9,11,19H2. The average molecular weight is 361 g/mol. The molecule has 0 heterocycles. The lowest BCUT2D eigenvalue weighted by Gasteiger charge is -2.39. The first-order valence-electron chi connectivity index (χ1n) is 7.42. The van der Waals surface area contributed by atoms with Crippen molar-refractivity contribution in [3.8, 4) is 0 Å². The Morgan fingerprint density at radius 2 is 1.80 bits per heavy atom. The van der Waals surface area contributed by atoms with E-state index in [0.29, 0.717) is 11.6 Å². The molecule has 4 heteroatoms. The lowest BCUT2D eigenvalue weighted by atomic mass is 9.70. The van der Waals surface area contributed by atoms with Crippen molar-refractivity contribution in [1.82, 2.24) is 0 Å². The van der Waals surface area contributed by atoms with Crippen molar-refractivity contribution in [1.29, 1.82) is 0 Å². The minimum absolute atomic E-state index is 0.187. The van der Waals surface area contributed by atoms with Crippen molar-refractivity contribution in [3.63, 3.8) is 0 Å². The second-order valence-electron chi connectivity index (χ2n) is 5.91. The quantitative estimate of drug-likeness (QED) is 0.811. The minimum atomic E-state index is -0.515. The van der Waals surface area contributed by atoms with E-state index in [4.69, 9.17) is 17.3 Å². The summed E-state index contributed by atoms with van der Waals surface area (Å²) in [6.45, 7) is 0.536. The summed E-state index contributed by atoms with van der Waals surface area (Å²) in [6.07, 6.45) is 7.61. The van der Waals surface area contributed by atoms with Gasteiger partial charge in [-0.25, -0.2) is 0 Å². The predicted molar refractivity (Wildman–Crippen MR) is 87.9 cm³/mol. The molecule has 1 fully saturated rings. The molecule has 1 aliphatic rings. The number of hydrogen-bond donors (Lipinski definition) is 2. The SMILES string of the molecule is NCC1(C(O)c2ccc(Cl)c(Br)c2)CCCCCCC1. The maximum atomic E-state index is 10.9. The lowest BCUT2D eigenvalue weighted by molar-refractivity contribution is 0.00845. The van der Waals surface area contributed by atoms with E-state index in [1.807, 2.05) is 18.2 Å². The van der Waals surface area contributed by atoms with Crippen LogP contribution in [0.15, 0.2) is 22.7 Å². The fraction of sp³-hybridized carbons (Fsp3) is 0.625. The van der Waals surface area contributed by atoms with Crippen LogP contribution in [0.5, 0.6) is 0 Å². The molecule has 0 aliphatic heterocycles. The molecule has 1 aliphatic carbocycles. The summed E-state index contributed by atoms with van der Waals surface area (Å²) in [5, 5.41) is 11.6. The molecule has 2 nitrogen and oxygen atoms in total. The zero-order valence-electron chi connectivity index (χ0n) is 11.7. The van der Waals surface area contributed by atoms with Gasteiger partial charge >= 0.3 is 0 Å². The smallest absolute Gasteiger partial charge is 0.0858 e. The number of hydrogen-bond acceptors (Lipinski definition) is 2. The first kappa shape index (κ1) is 16.3. The molecule has 1 aromatic carbocycles. The van der Waals surface area contributed by atoms with Gasteiger partial charge in [-0.1, -0.05) is 49.8 Å². The number of aliphatic hydroxyl groups excluding tert-OH is 1. The molecule has 0 aromatic heterocycles. The Balaban J connectivity index is 2.25. The van der Waals surface area contributed by atoms with Gasteiger partial charge in [0.05, 0.1) is 11.1 Å². The van der Waals surface area contributed by atoms with Gasteiger partial charge in [-0.05, 0) is 46.5 Å². The van der Waals surface area contributed by atoms with Crippen LogP contribution in [0.1, 0.15) is 56.6 Å². The van der Waals surface area contributed by atoms with E-state index in [1.54, 1.807) is 0 Å². The zero-order chi connectivity index (χ0) is 14.6. The van der Waals surface area contributed by atoms with E-state index < -0.39 is 6.10 Å². The van der Waals surface area contributed by atoms with Gasteiger partial charge in [0.2, 0.25) is 0 Å². The summed E-state index contributed by atoms with van der Waals surface area (Å²) in [5.41, 5.74) is 6.79. The molecule has 0 saturated heterocycles. The van der Waals surface area contributed by atoms with Crippen LogP contribution < -0.4 is 5.73 Å². The van der Waals surface area contributed by atoms with E-state index in [9.17, 15) is 5.11 Å². The molecule has 20 heavy (non-hydrogen) atoms. The van der Waals surface area contributed by atoms with Gasteiger partial charge in [0.15, 0.2) is 0 Å². The van der Waals surface area contributed by atoms with Crippen molar-refractivity contribution in [2.75, 3.05) is 6.54 Å². The van der Waals surface area contributed by atoms with Crippen molar-refractivity contribution in [2.45, 2.75) is 51.0 Å². The van der Waals surface area contributed by atoms with E-state index in [1.165, 1.54) is 19.3 Å². The number of benzene rings is 1. The van der Waals surface area contributed by atoms with Crippen LogP contribution in [0.25, 0.3) is 0 Å². The van der Waals surface area contributed by atoms with Crippen molar-refractivity contribution < 1.29 is 5.11 Å². The van der Waals surface area contributed by atoms with Crippen LogP contribution in [0.2, 0.25) is 5.02 Å². The Kier molecular flexibility index (Phi) is 5.91. The Labute approximate surface area is 134 Å². The monoisotopic (exact) mass is 359 g/mol. The number of aliphatic hydroxyl groups is 1. The van der Waals surface area contributed by atoms with Crippen molar-refractivity contribution in [3.05, 3.63) is 33.3 Å². The summed E-state index contributed by atoms with van der Waals surface area (Å²) in [5.74, 6) is 0. The van der Waals surface area contributed by atoms with Gasteiger partial charge in [-0.3, -0.25) is 0 Å². The lowest BCUT2D eigenvalue weighted by Crippen LogP contribution is -2.37. The van der Waals surface area contributed by atoms with Crippen molar-refractivity contribution in [2.24, 2.45) is 11.1 Å². The van der Waals surface area contributed by atoms with Gasteiger partial charge in [-0.15, -0.1) is 0 Å². The fourth-order valence-corrected chi connectivity index (χ4v) is 3.75. The number of nitrogens with two attached hydrogens (primary N) is 1. The Morgan fingerprint density at radius 1 is 1.20 bits per heavy atom. The first-order valence-corrected chi connectivity index (χ1v) is 8.59. The van der Waals surface area contributed by atoms with Crippen LogP contribution in [-0.4, -0.2) is 11.7 Å². The highest BCUT2D eigenvalue weighted by Crippen LogP contribution is 2.44. The van der Waals surface area contributed by atoms with Crippen LogP contribution >= 0.6 is 27.5 Å². The summed E-state index contributed by atoms with van der Waals surface area (Å²) in [6, 6.07) is 5.66.